The summed E-state index contributed by atoms with van der Waals surface area (Å²) in [6.07, 6.45) is 2.22. The van der Waals surface area contributed by atoms with Crippen molar-refractivity contribution in [3.8, 4) is 0 Å². The Bertz CT molecular complexity index is 538. The van der Waals surface area contributed by atoms with Crippen LogP contribution in [0.4, 0.5) is 9.93 Å². The van der Waals surface area contributed by atoms with Crippen LogP contribution in [0.3, 0.4) is 0 Å². The number of aromatic nitrogens is 1. The Kier molecular flexibility index (Phi) is 4.65. The van der Waals surface area contributed by atoms with E-state index >= 15 is 0 Å². The van der Waals surface area contributed by atoms with Crippen LogP contribution in [0, 0.1) is 0 Å². The Labute approximate surface area is 135 Å². The van der Waals surface area contributed by atoms with Gasteiger partial charge in [0.15, 0.2) is 5.13 Å². The van der Waals surface area contributed by atoms with Gasteiger partial charge >= 0.3 is 6.03 Å². The molecule has 2 heterocycles. The second-order valence-electron chi connectivity index (χ2n) is 6.51. The largest absolute Gasteiger partial charge is 0.379 e. The molecule has 3 rings (SSSR count). The van der Waals surface area contributed by atoms with Crippen LogP contribution in [0.15, 0.2) is 0 Å². The van der Waals surface area contributed by atoms with E-state index in [2.05, 4.69) is 34.4 Å². The Balaban J connectivity index is 1.44. The van der Waals surface area contributed by atoms with E-state index in [1.54, 1.807) is 11.3 Å². The molecule has 0 atom stereocenters. The molecule has 1 aromatic heterocycles. The first kappa shape index (κ1) is 15.7. The summed E-state index contributed by atoms with van der Waals surface area (Å²) >= 11 is 1.60. The summed E-state index contributed by atoms with van der Waals surface area (Å²) in [4.78, 5) is 20.2. The molecule has 1 aliphatic carbocycles. The number of amides is 2. The number of hydrogen-bond donors (Lipinski definition) is 2. The predicted molar refractivity (Wildman–Crippen MR) is 87.7 cm³/mol. The van der Waals surface area contributed by atoms with Crippen LogP contribution in [0.1, 0.15) is 30.8 Å². The lowest BCUT2D eigenvalue weighted by Gasteiger charge is -2.26. The minimum absolute atomic E-state index is 0.137. The summed E-state index contributed by atoms with van der Waals surface area (Å²) in [6.45, 7) is 9.38. The van der Waals surface area contributed by atoms with Gasteiger partial charge in [0.1, 0.15) is 0 Å². The highest BCUT2D eigenvalue weighted by Crippen LogP contribution is 2.41. The van der Waals surface area contributed by atoms with E-state index in [4.69, 9.17) is 4.74 Å². The van der Waals surface area contributed by atoms with Crippen molar-refractivity contribution in [2.24, 2.45) is 0 Å². The highest BCUT2D eigenvalue weighted by molar-refractivity contribution is 7.16. The number of morpholine rings is 1. The van der Waals surface area contributed by atoms with Gasteiger partial charge < -0.3 is 10.1 Å². The van der Waals surface area contributed by atoms with E-state index in [9.17, 15) is 4.79 Å². The zero-order valence-electron chi connectivity index (χ0n) is 13.3. The molecular formula is C15H24N4O2S. The van der Waals surface area contributed by atoms with Crippen LogP contribution in [-0.2, 0) is 16.6 Å². The van der Waals surface area contributed by atoms with E-state index in [0.717, 1.165) is 51.4 Å². The molecule has 122 valence electrons. The van der Waals surface area contributed by atoms with Crippen molar-refractivity contribution in [1.29, 1.82) is 0 Å². The minimum atomic E-state index is -0.168. The van der Waals surface area contributed by atoms with Gasteiger partial charge in [0.05, 0.1) is 18.9 Å². The molecule has 0 saturated carbocycles. The summed E-state index contributed by atoms with van der Waals surface area (Å²) in [5.74, 6) is 0. The van der Waals surface area contributed by atoms with Crippen molar-refractivity contribution >= 4 is 22.5 Å². The van der Waals surface area contributed by atoms with Gasteiger partial charge in [-0.3, -0.25) is 10.2 Å². The highest BCUT2D eigenvalue weighted by Gasteiger charge is 2.33. The van der Waals surface area contributed by atoms with Gasteiger partial charge in [-0.25, -0.2) is 9.78 Å². The number of nitrogens with one attached hydrogen (secondary N) is 2. The van der Waals surface area contributed by atoms with Crippen molar-refractivity contribution in [2.45, 2.75) is 32.1 Å². The first-order valence-electron chi connectivity index (χ1n) is 7.90. The quantitative estimate of drug-likeness (QED) is 0.887. The van der Waals surface area contributed by atoms with Crippen molar-refractivity contribution in [2.75, 3.05) is 44.7 Å². The lowest BCUT2D eigenvalue weighted by Crippen LogP contribution is -2.42. The molecule has 0 radical (unpaired) electrons. The lowest BCUT2D eigenvalue weighted by molar-refractivity contribution is 0.0388. The Morgan fingerprint density at radius 1 is 1.41 bits per heavy atom. The lowest BCUT2D eigenvalue weighted by atomic mass is 9.91. The van der Waals surface area contributed by atoms with E-state index in [0.29, 0.717) is 11.7 Å². The third-order valence-corrected chi connectivity index (χ3v) is 5.38. The van der Waals surface area contributed by atoms with E-state index in [1.165, 1.54) is 4.88 Å². The third kappa shape index (κ3) is 3.59. The molecule has 22 heavy (non-hydrogen) atoms. The van der Waals surface area contributed by atoms with Crippen LogP contribution in [0.25, 0.3) is 0 Å². The standard InChI is InChI=1S/C15H24N4O2S/c1-15(2)4-3-11-12(15)17-14(22-11)18-13(20)16-5-6-19-7-9-21-10-8-19/h3-10H2,1-2H3,(H2,16,17,18,20). The Morgan fingerprint density at radius 2 is 2.18 bits per heavy atom. The molecule has 6 nitrogen and oxygen atoms in total. The van der Waals surface area contributed by atoms with Crippen LogP contribution < -0.4 is 10.6 Å². The van der Waals surface area contributed by atoms with Gasteiger partial charge in [-0.2, -0.15) is 0 Å². The Hall–Kier alpha value is -1.18. The number of urea groups is 1. The normalized spacial score (nSPS) is 20.6. The van der Waals surface area contributed by atoms with Gasteiger partial charge in [-0.05, 0) is 12.8 Å². The summed E-state index contributed by atoms with van der Waals surface area (Å²) in [6, 6.07) is -0.168. The maximum atomic E-state index is 11.9. The van der Waals surface area contributed by atoms with Gasteiger partial charge in [0, 0.05) is 36.5 Å². The van der Waals surface area contributed by atoms with E-state index < -0.39 is 0 Å². The van der Waals surface area contributed by atoms with Crippen LogP contribution in [-0.4, -0.2) is 55.3 Å². The predicted octanol–water partition coefficient (Wildman–Crippen LogP) is 1.82. The SMILES string of the molecule is CC1(C)CCc2sc(NC(=O)NCCN3CCOCC3)nc21. The second kappa shape index (κ2) is 6.52. The summed E-state index contributed by atoms with van der Waals surface area (Å²) in [7, 11) is 0. The van der Waals surface area contributed by atoms with Crippen LogP contribution in [0.5, 0.6) is 0 Å². The molecule has 1 saturated heterocycles. The fraction of sp³-hybridized carbons (Fsp3) is 0.733. The number of aryl methyl sites for hydroxylation is 1. The molecular weight excluding hydrogens is 300 g/mol. The summed E-state index contributed by atoms with van der Waals surface area (Å²) in [5.41, 5.74) is 1.29. The molecule has 1 aliphatic heterocycles. The Morgan fingerprint density at radius 3 is 2.91 bits per heavy atom. The molecule has 7 heteroatoms. The van der Waals surface area contributed by atoms with E-state index in [-0.39, 0.29) is 11.4 Å². The molecule has 2 aliphatic rings. The number of thiazole rings is 1. The molecule has 0 bridgehead atoms. The average Bonchev–Trinajstić information content (AvgIpc) is 3.01. The number of nitrogens with zero attached hydrogens (tertiary/aromatic N) is 2. The number of ether oxygens (including phenoxy) is 1. The molecule has 2 amide bonds. The number of hydrogen-bond acceptors (Lipinski definition) is 5. The number of anilines is 1. The second-order valence-corrected chi connectivity index (χ2v) is 7.59. The molecule has 0 unspecified atom stereocenters. The minimum Gasteiger partial charge on any atom is -0.379 e. The van der Waals surface area contributed by atoms with Gasteiger partial charge in [0.25, 0.3) is 0 Å². The van der Waals surface area contributed by atoms with Crippen LogP contribution >= 0.6 is 11.3 Å². The van der Waals surface area contributed by atoms with Crippen molar-refractivity contribution in [3.05, 3.63) is 10.6 Å². The number of rotatable bonds is 4. The number of carbonyl (C=O) groups excluding carboxylic acids is 1. The first-order valence-corrected chi connectivity index (χ1v) is 8.71. The first-order chi connectivity index (χ1) is 10.5. The van der Waals surface area contributed by atoms with E-state index in [1.807, 2.05) is 0 Å². The van der Waals surface area contributed by atoms with Gasteiger partial charge in [-0.1, -0.05) is 13.8 Å². The average molecular weight is 324 g/mol. The topological polar surface area (TPSA) is 66.5 Å². The third-order valence-electron chi connectivity index (χ3n) is 4.35. The molecule has 2 N–H and O–H groups in total. The molecule has 0 spiro atoms. The summed E-state index contributed by atoms with van der Waals surface area (Å²) in [5, 5.41) is 6.47. The maximum Gasteiger partial charge on any atom is 0.321 e. The zero-order valence-corrected chi connectivity index (χ0v) is 14.1. The highest BCUT2D eigenvalue weighted by atomic mass is 32.1. The van der Waals surface area contributed by atoms with Crippen LogP contribution in [0.2, 0.25) is 0 Å². The fourth-order valence-corrected chi connectivity index (χ4v) is 4.08. The van der Waals surface area contributed by atoms with Gasteiger partial charge in [-0.15, -0.1) is 11.3 Å². The monoisotopic (exact) mass is 324 g/mol. The summed E-state index contributed by atoms with van der Waals surface area (Å²) < 4.78 is 5.30. The molecule has 0 aromatic carbocycles. The fourth-order valence-electron chi connectivity index (χ4n) is 2.94. The zero-order chi connectivity index (χ0) is 15.6. The number of carbonyl (C=O) groups is 1. The smallest absolute Gasteiger partial charge is 0.321 e. The maximum absolute atomic E-state index is 11.9. The molecule has 1 fully saturated rings. The number of fused-ring (bicyclic) bond motifs is 1. The van der Waals surface area contributed by atoms with Gasteiger partial charge in [0.2, 0.25) is 0 Å². The molecule has 1 aromatic rings. The van der Waals surface area contributed by atoms with Crippen molar-refractivity contribution in [3.63, 3.8) is 0 Å². The van der Waals surface area contributed by atoms with Crippen molar-refractivity contribution in [1.82, 2.24) is 15.2 Å². The van der Waals surface area contributed by atoms with Crippen molar-refractivity contribution < 1.29 is 9.53 Å².